The van der Waals surface area contributed by atoms with Gasteiger partial charge in [0.25, 0.3) is 5.91 Å². The predicted octanol–water partition coefficient (Wildman–Crippen LogP) is 5.69. The highest BCUT2D eigenvalue weighted by Crippen LogP contribution is 2.38. The fourth-order valence-corrected chi connectivity index (χ4v) is 6.31. The van der Waals surface area contributed by atoms with Gasteiger partial charge in [-0.3, -0.25) is 4.79 Å². The molecule has 0 bridgehead atoms. The molecular weight excluding hydrogens is 577 g/mol. The lowest BCUT2D eigenvalue weighted by atomic mass is 9.99. The van der Waals surface area contributed by atoms with Crippen LogP contribution in [-0.4, -0.2) is 53.4 Å². The number of carbonyl (C=O) groups is 1. The van der Waals surface area contributed by atoms with E-state index in [9.17, 15) is 23.1 Å². The topological polar surface area (TPSA) is 78.8 Å². The number of amides is 1. The van der Waals surface area contributed by atoms with Gasteiger partial charge in [0.05, 0.1) is 23.3 Å². The summed E-state index contributed by atoms with van der Waals surface area (Å²) in [5.41, 5.74) is 5.30. The molecule has 0 fully saturated rings. The molecule has 0 saturated heterocycles. The molecule has 43 heavy (non-hydrogen) atoms. The number of aliphatic hydroxyl groups is 1. The number of aliphatic hydroxyl groups excluding tert-OH is 1. The number of nitrogens with one attached hydrogen (secondary N) is 2. The molecule has 4 aromatic rings. The number of hydrogen-bond acceptors (Lipinski definition) is 6. The summed E-state index contributed by atoms with van der Waals surface area (Å²) in [6.07, 6.45) is -2.23. The molecule has 228 valence electrons. The van der Waals surface area contributed by atoms with Crippen molar-refractivity contribution in [3.63, 3.8) is 0 Å². The average molecular weight is 613 g/mol. The molecule has 2 atom stereocenters. The van der Waals surface area contributed by atoms with Gasteiger partial charge in [-0.05, 0) is 72.7 Å². The maximum atomic E-state index is 13.7. The first-order valence-electron chi connectivity index (χ1n) is 14.2. The first-order valence-corrected chi connectivity index (χ1v) is 15.2. The zero-order chi connectivity index (χ0) is 30.6. The highest BCUT2D eigenvalue weighted by Gasteiger charge is 2.31. The second-order valence-corrected chi connectivity index (χ2v) is 11.8. The van der Waals surface area contributed by atoms with Gasteiger partial charge in [-0.1, -0.05) is 42.5 Å². The number of halogens is 3. The Morgan fingerprint density at radius 2 is 1.86 bits per heavy atom. The zero-order valence-corrected chi connectivity index (χ0v) is 24.8. The lowest BCUT2D eigenvalue weighted by Crippen LogP contribution is -2.48. The van der Waals surface area contributed by atoms with Crippen molar-refractivity contribution in [3.05, 3.63) is 95.2 Å². The summed E-state index contributed by atoms with van der Waals surface area (Å²) in [6, 6.07) is 18.5. The Kier molecular flexibility index (Phi) is 9.53. The Labute approximate surface area is 253 Å². The minimum Gasteiger partial charge on any atom is -0.406 e. The summed E-state index contributed by atoms with van der Waals surface area (Å²) >= 11 is 1.72. The van der Waals surface area contributed by atoms with Gasteiger partial charge >= 0.3 is 6.36 Å². The van der Waals surface area contributed by atoms with E-state index in [1.807, 2.05) is 49.5 Å². The third kappa shape index (κ3) is 7.65. The van der Waals surface area contributed by atoms with Crippen molar-refractivity contribution in [2.24, 2.45) is 0 Å². The average Bonchev–Trinajstić information content (AvgIpc) is 3.25. The van der Waals surface area contributed by atoms with Crippen LogP contribution in [0.15, 0.2) is 72.9 Å². The Balaban J connectivity index is 1.33. The van der Waals surface area contributed by atoms with E-state index < -0.39 is 18.5 Å². The van der Waals surface area contributed by atoms with E-state index in [2.05, 4.69) is 37.4 Å². The number of nitrogens with zero attached hydrogens (tertiary/aromatic N) is 2. The maximum absolute atomic E-state index is 13.7. The van der Waals surface area contributed by atoms with Gasteiger partial charge in [-0.15, -0.1) is 13.2 Å². The smallest absolute Gasteiger partial charge is 0.406 e. The molecule has 2 heterocycles. The fraction of sp³-hybridized carbons (Fsp3) is 0.344. The second kappa shape index (κ2) is 13.3. The number of anilines is 1. The van der Waals surface area contributed by atoms with Crippen LogP contribution in [0.2, 0.25) is 0 Å². The minimum atomic E-state index is -4.78. The highest BCUT2D eigenvalue weighted by molar-refractivity contribution is 8.00. The maximum Gasteiger partial charge on any atom is 0.573 e. The molecule has 0 spiro atoms. The molecule has 1 aliphatic heterocycles. The van der Waals surface area contributed by atoms with E-state index in [-0.39, 0.29) is 24.7 Å². The van der Waals surface area contributed by atoms with Crippen LogP contribution in [0, 0.1) is 0 Å². The number of ether oxygens (including phenoxy) is 1. The molecular formula is C32H35F3N4O3S. The number of hydrogen-bond donors (Lipinski definition) is 3. The van der Waals surface area contributed by atoms with E-state index in [0.29, 0.717) is 17.5 Å². The van der Waals surface area contributed by atoms with Crippen molar-refractivity contribution >= 4 is 34.4 Å². The fourth-order valence-electron chi connectivity index (χ4n) is 5.44. The molecule has 5 rings (SSSR count). The lowest BCUT2D eigenvalue weighted by molar-refractivity contribution is -0.274. The molecule has 1 amide bonds. The highest BCUT2D eigenvalue weighted by atomic mass is 32.2. The van der Waals surface area contributed by atoms with E-state index in [4.69, 9.17) is 0 Å². The summed E-state index contributed by atoms with van der Waals surface area (Å²) in [7, 11) is 2.01. The van der Waals surface area contributed by atoms with Gasteiger partial charge in [0.2, 0.25) is 0 Å². The third-order valence-corrected chi connectivity index (χ3v) is 8.50. The van der Waals surface area contributed by atoms with Gasteiger partial charge in [0.15, 0.2) is 0 Å². The van der Waals surface area contributed by atoms with Gasteiger partial charge in [0.1, 0.15) is 5.75 Å². The molecule has 0 aliphatic carbocycles. The number of rotatable bonds is 11. The summed E-state index contributed by atoms with van der Waals surface area (Å²) < 4.78 is 46.1. The van der Waals surface area contributed by atoms with Gasteiger partial charge in [-0.25, -0.2) is 0 Å². The van der Waals surface area contributed by atoms with Crippen LogP contribution < -0.4 is 19.7 Å². The van der Waals surface area contributed by atoms with Crippen molar-refractivity contribution < 1.29 is 27.8 Å². The molecule has 1 aromatic heterocycles. The van der Waals surface area contributed by atoms with Crippen LogP contribution in [-0.2, 0) is 25.9 Å². The van der Waals surface area contributed by atoms with Crippen LogP contribution in [0.4, 0.5) is 18.9 Å². The van der Waals surface area contributed by atoms with Gasteiger partial charge in [-0.2, -0.15) is 0 Å². The number of aromatic nitrogens is 1. The van der Waals surface area contributed by atoms with Crippen LogP contribution >= 0.6 is 11.9 Å². The van der Waals surface area contributed by atoms with Crippen LogP contribution in [0.25, 0.3) is 10.9 Å². The van der Waals surface area contributed by atoms with E-state index in [1.165, 1.54) is 29.1 Å². The lowest BCUT2D eigenvalue weighted by Gasteiger charge is -2.25. The summed E-state index contributed by atoms with van der Waals surface area (Å²) in [6.45, 7) is 3.18. The van der Waals surface area contributed by atoms with Crippen molar-refractivity contribution in [1.29, 1.82) is 0 Å². The van der Waals surface area contributed by atoms with Crippen LogP contribution in [0.5, 0.6) is 5.75 Å². The van der Waals surface area contributed by atoms with E-state index >= 15 is 0 Å². The molecule has 0 radical (unpaired) electrons. The van der Waals surface area contributed by atoms with Crippen molar-refractivity contribution in [2.75, 3.05) is 23.7 Å². The molecule has 11 heteroatoms. The quantitative estimate of drug-likeness (QED) is 0.189. The first kappa shape index (κ1) is 30.8. The van der Waals surface area contributed by atoms with Crippen LogP contribution in [0.3, 0.4) is 0 Å². The third-order valence-electron chi connectivity index (χ3n) is 7.53. The minimum absolute atomic E-state index is 0.105. The molecule has 1 aliphatic rings. The first-order chi connectivity index (χ1) is 20.6. The SMILES string of the molecule is CCn1cc2c3c(cc(C(=O)N[C@@H](Cc4ccccc4)[C@H](O)CNCc4cccc(OC(F)(F)F)c4)cc31)N(C)SCC2. The molecule has 3 N–H and O–H groups in total. The van der Waals surface area contributed by atoms with E-state index in [0.717, 1.165) is 35.5 Å². The number of aryl methyl sites for hydroxylation is 2. The summed E-state index contributed by atoms with van der Waals surface area (Å²) in [5.74, 6) is 0.356. The Morgan fingerprint density at radius 3 is 2.60 bits per heavy atom. The van der Waals surface area contributed by atoms with Crippen molar-refractivity contribution in [1.82, 2.24) is 15.2 Å². The molecule has 0 unspecified atom stereocenters. The molecule has 7 nitrogen and oxygen atoms in total. The predicted molar refractivity (Wildman–Crippen MR) is 164 cm³/mol. The standard InChI is InChI=1S/C32H35F3N4O3S/c1-3-39-20-23-12-13-43-38(2)27-16-24(17-28(39)30(23)27)31(41)37-26(15-21-8-5-4-6-9-21)29(40)19-36-18-22-10-7-11-25(14-22)42-32(33,34)35/h4-11,14,16-17,20,26,29,36,40H,3,12-13,15,18-19H2,1-2H3,(H,37,41)/t26-,29+/m0/s1. The largest absolute Gasteiger partial charge is 0.573 e. The Bertz CT molecular complexity index is 1560. The second-order valence-electron chi connectivity index (χ2n) is 10.6. The number of benzene rings is 3. The molecule has 0 saturated carbocycles. The van der Waals surface area contributed by atoms with E-state index in [1.54, 1.807) is 18.0 Å². The molecule has 3 aromatic carbocycles. The van der Waals surface area contributed by atoms with Crippen molar-refractivity contribution in [3.8, 4) is 5.75 Å². The Hall–Kier alpha value is -3.67. The summed E-state index contributed by atoms with van der Waals surface area (Å²) in [4.78, 5) is 13.7. The number of alkyl halides is 3. The monoisotopic (exact) mass is 612 g/mol. The number of carbonyl (C=O) groups excluding carboxylic acids is 1. The van der Waals surface area contributed by atoms with Gasteiger partial charge < -0.3 is 29.3 Å². The van der Waals surface area contributed by atoms with Gasteiger partial charge in [0, 0.05) is 49.6 Å². The zero-order valence-electron chi connectivity index (χ0n) is 24.0. The van der Waals surface area contributed by atoms with Crippen molar-refractivity contribution in [2.45, 2.75) is 51.4 Å². The Morgan fingerprint density at radius 1 is 1.09 bits per heavy atom. The van der Waals surface area contributed by atoms with Crippen LogP contribution in [0.1, 0.15) is 34.0 Å². The summed E-state index contributed by atoms with van der Waals surface area (Å²) in [5, 5.41) is 18.6. The normalized spacial score (nSPS) is 14.8.